The summed E-state index contributed by atoms with van der Waals surface area (Å²) in [6.45, 7) is 4.37. The minimum absolute atomic E-state index is 0.0866. The zero-order valence-electron chi connectivity index (χ0n) is 19.4. The summed E-state index contributed by atoms with van der Waals surface area (Å²) < 4.78 is 11.2. The molecule has 3 heterocycles. The normalized spacial score (nSPS) is 20.4. The highest BCUT2D eigenvalue weighted by atomic mass is 16.5. The molecule has 1 saturated carbocycles. The second kappa shape index (κ2) is 9.62. The zero-order chi connectivity index (χ0) is 23.7. The van der Waals surface area contributed by atoms with E-state index < -0.39 is 17.8 Å². The zero-order valence-corrected chi connectivity index (χ0v) is 19.4. The van der Waals surface area contributed by atoms with E-state index in [1.165, 1.54) is 12.8 Å². The number of carbonyl (C=O) groups is 2. The Labute approximate surface area is 199 Å². The Bertz CT molecular complexity index is 1090. The van der Waals surface area contributed by atoms with Gasteiger partial charge in [0.1, 0.15) is 23.2 Å². The number of aromatic hydroxyl groups is 1. The van der Waals surface area contributed by atoms with E-state index in [4.69, 9.17) is 14.5 Å². The summed E-state index contributed by atoms with van der Waals surface area (Å²) in [5.74, 6) is 0.144. The topological polar surface area (TPSA) is 110 Å². The molecule has 1 amide bonds. The van der Waals surface area contributed by atoms with Crippen LogP contribution in [0, 0.1) is 11.8 Å². The van der Waals surface area contributed by atoms with Crippen molar-refractivity contribution in [2.75, 3.05) is 31.6 Å². The van der Waals surface area contributed by atoms with Gasteiger partial charge in [-0.3, -0.25) is 9.59 Å². The van der Waals surface area contributed by atoms with Gasteiger partial charge < -0.3 is 25.2 Å². The van der Waals surface area contributed by atoms with Crippen LogP contribution < -0.4 is 15.4 Å². The van der Waals surface area contributed by atoms with E-state index in [0.29, 0.717) is 35.3 Å². The number of ether oxygens (including phenoxy) is 2. The maximum Gasteiger partial charge on any atom is 0.318 e. The molecule has 5 rings (SSSR count). The summed E-state index contributed by atoms with van der Waals surface area (Å²) in [6.07, 6.45) is 4.48. The molecule has 3 N–H and O–H groups in total. The smallest absolute Gasteiger partial charge is 0.318 e. The van der Waals surface area contributed by atoms with Crippen LogP contribution in [0.5, 0.6) is 11.5 Å². The molecule has 1 unspecified atom stereocenters. The van der Waals surface area contributed by atoms with Crippen LogP contribution >= 0.6 is 0 Å². The van der Waals surface area contributed by atoms with E-state index >= 15 is 0 Å². The first kappa shape index (κ1) is 22.7. The fraction of sp³-hybridized carbons (Fsp3) is 0.500. The maximum absolute atomic E-state index is 12.8. The van der Waals surface area contributed by atoms with Crippen molar-refractivity contribution in [1.82, 2.24) is 10.3 Å². The monoisotopic (exact) mass is 465 g/mol. The fourth-order valence-electron chi connectivity index (χ4n) is 4.86. The summed E-state index contributed by atoms with van der Waals surface area (Å²) in [7, 11) is 0. The lowest BCUT2D eigenvalue weighted by atomic mass is 9.82. The number of benzene rings is 1. The third kappa shape index (κ3) is 4.59. The van der Waals surface area contributed by atoms with Crippen LogP contribution in [0.1, 0.15) is 49.7 Å². The molecular weight excluding hydrogens is 434 g/mol. The average molecular weight is 466 g/mol. The first-order valence-corrected chi connectivity index (χ1v) is 12.2. The van der Waals surface area contributed by atoms with Crippen LogP contribution in [-0.4, -0.2) is 48.3 Å². The van der Waals surface area contributed by atoms with Gasteiger partial charge in [0, 0.05) is 0 Å². The Morgan fingerprint density at radius 3 is 2.74 bits per heavy atom. The lowest BCUT2D eigenvalue weighted by molar-refractivity contribution is -0.151. The molecule has 8 nitrogen and oxygen atoms in total. The largest absolute Gasteiger partial charge is 0.507 e. The fourth-order valence-corrected chi connectivity index (χ4v) is 4.86. The summed E-state index contributed by atoms with van der Waals surface area (Å²) in [5.41, 5.74) is 3.03. The second-order valence-corrected chi connectivity index (χ2v) is 9.35. The summed E-state index contributed by atoms with van der Waals surface area (Å²) >= 11 is 0. The van der Waals surface area contributed by atoms with Crippen molar-refractivity contribution in [3.63, 3.8) is 0 Å². The molecule has 2 aromatic rings. The molecule has 8 heteroatoms. The van der Waals surface area contributed by atoms with Crippen molar-refractivity contribution in [1.29, 1.82) is 0 Å². The average Bonchev–Trinajstić information content (AvgIpc) is 3.67. The van der Waals surface area contributed by atoms with Crippen LogP contribution in [0.3, 0.4) is 0 Å². The number of anilines is 1. The highest BCUT2D eigenvalue weighted by Crippen LogP contribution is 2.43. The number of esters is 1. The molecule has 0 radical (unpaired) electrons. The third-order valence-corrected chi connectivity index (χ3v) is 6.91. The highest BCUT2D eigenvalue weighted by Gasteiger charge is 2.37. The van der Waals surface area contributed by atoms with Crippen molar-refractivity contribution in [2.24, 2.45) is 11.8 Å². The molecule has 1 atom stereocenters. The van der Waals surface area contributed by atoms with Crippen molar-refractivity contribution in [3.05, 3.63) is 35.4 Å². The van der Waals surface area contributed by atoms with Gasteiger partial charge in [-0.2, -0.15) is 0 Å². The molecule has 2 fully saturated rings. The van der Waals surface area contributed by atoms with Crippen LogP contribution in [-0.2, 0) is 20.7 Å². The number of fused-ring (bicyclic) bond motifs is 1. The van der Waals surface area contributed by atoms with E-state index in [9.17, 15) is 14.7 Å². The number of hydrogen-bond donors (Lipinski definition) is 3. The first-order valence-electron chi connectivity index (χ1n) is 12.2. The predicted octanol–water partition coefficient (Wildman–Crippen LogP) is 3.38. The number of phenols is 1. The molecule has 3 aliphatic rings. The van der Waals surface area contributed by atoms with E-state index in [0.717, 1.165) is 37.1 Å². The predicted molar refractivity (Wildman–Crippen MR) is 127 cm³/mol. The number of amides is 1. The second-order valence-electron chi connectivity index (χ2n) is 9.35. The van der Waals surface area contributed by atoms with Gasteiger partial charge in [0.2, 0.25) is 5.91 Å². The van der Waals surface area contributed by atoms with Crippen LogP contribution in [0.15, 0.2) is 24.3 Å². The lowest BCUT2D eigenvalue weighted by Crippen LogP contribution is -2.38. The molecule has 1 aliphatic carbocycles. The van der Waals surface area contributed by atoms with Gasteiger partial charge in [0.25, 0.3) is 0 Å². The van der Waals surface area contributed by atoms with Crippen molar-refractivity contribution in [3.8, 4) is 22.8 Å². The summed E-state index contributed by atoms with van der Waals surface area (Å²) in [4.78, 5) is 30.0. The van der Waals surface area contributed by atoms with Gasteiger partial charge in [0.05, 0.1) is 24.5 Å². The number of aromatic nitrogens is 1. The molecule has 1 aromatic carbocycles. The number of phenolic OH excluding ortho intramolecular Hbond substituents is 1. The quantitative estimate of drug-likeness (QED) is 0.425. The van der Waals surface area contributed by atoms with E-state index in [1.807, 2.05) is 12.1 Å². The molecular formula is C26H31N3O5. The van der Waals surface area contributed by atoms with Crippen molar-refractivity contribution < 1.29 is 24.2 Å². The van der Waals surface area contributed by atoms with Gasteiger partial charge in [-0.1, -0.05) is 6.07 Å². The van der Waals surface area contributed by atoms with E-state index in [1.54, 1.807) is 19.1 Å². The Balaban J connectivity index is 1.58. The standard InChI is InChI=1S/C26H31N3O5/c1-2-33-26(32)19-12-18-17(16-8-10-27-11-9-16)13-20(28-24(18)29-25(19)31)23-21(30)4-3-5-22(23)34-14-15-6-7-15/h3-5,13,15-16,19,27,30H,2,6-12,14H2,1H3,(H,28,29,31). The molecule has 180 valence electrons. The van der Waals surface area contributed by atoms with Crippen LogP contribution in [0.2, 0.25) is 0 Å². The molecule has 34 heavy (non-hydrogen) atoms. The Morgan fingerprint density at radius 2 is 2.00 bits per heavy atom. The number of nitrogens with zero attached hydrogens (tertiary/aromatic N) is 1. The molecule has 1 saturated heterocycles. The maximum atomic E-state index is 12.8. The Morgan fingerprint density at radius 1 is 1.21 bits per heavy atom. The number of hydrogen-bond acceptors (Lipinski definition) is 7. The first-order chi connectivity index (χ1) is 16.5. The SMILES string of the molecule is CCOC(=O)C1Cc2c(C3CCNCC3)cc(-c3c(O)cccc3OCC3CC3)nc2NC1=O. The number of pyridine rings is 1. The molecule has 1 aromatic heterocycles. The van der Waals surface area contributed by atoms with Gasteiger partial charge in [-0.25, -0.2) is 4.98 Å². The number of nitrogens with one attached hydrogen (secondary N) is 2. The Hall–Kier alpha value is -3.13. The molecule has 2 aliphatic heterocycles. The van der Waals surface area contributed by atoms with E-state index in [2.05, 4.69) is 10.6 Å². The van der Waals surface area contributed by atoms with Gasteiger partial charge in [-0.15, -0.1) is 0 Å². The highest BCUT2D eigenvalue weighted by molar-refractivity contribution is 6.07. The molecule has 0 bridgehead atoms. The third-order valence-electron chi connectivity index (χ3n) is 6.91. The number of carbonyl (C=O) groups excluding carboxylic acids is 2. The van der Waals surface area contributed by atoms with Crippen molar-refractivity contribution >= 4 is 17.7 Å². The minimum atomic E-state index is -0.886. The van der Waals surface area contributed by atoms with Gasteiger partial charge in [-0.05, 0) is 93.3 Å². The van der Waals surface area contributed by atoms with Gasteiger partial charge >= 0.3 is 5.97 Å². The van der Waals surface area contributed by atoms with E-state index in [-0.39, 0.29) is 24.7 Å². The molecule has 0 spiro atoms. The summed E-state index contributed by atoms with van der Waals surface area (Å²) in [6, 6.07) is 7.24. The summed E-state index contributed by atoms with van der Waals surface area (Å²) in [5, 5.41) is 17.0. The van der Waals surface area contributed by atoms with Crippen LogP contribution in [0.4, 0.5) is 5.82 Å². The lowest BCUT2D eigenvalue weighted by Gasteiger charge is -2.30. The van der Waals surface area contributed by atoms with Crippen molar-refractivity contribution in [2.45, 2.75) is 44.9 Å². The minimum Gasteiger partial charge on any atom is -0.507 e. The van der Waals surface area contributed by atoms with Crippen LogP contribution in [0.25, 0.3) is 11.3 Å². The Kier molecular flexibility index (Phi) is 6.41. The van der Waals surface area contributed by atoms with Gasteiger partial charge in [0.15, 0.2) is 0 Å². The number of piperidine rings is 1. The number of rotatable bonds is 7.